The van der Waals surface area contributed by atoms with Gasteiger partial charge >= 0.3 is 0 Å². The van der Waals surface area contributed by atoms with Crippen molar-refractivity contribution in [3.8, 4) is 5.88 Å². The molecule has 0 aliphatic rings. The zero-order valence-corrected chi connectivity index (χ0v) is 11.6. The number of hydrogen-bond acceptors (Lipinski definition) is 4. The van der Waals surface area contributed by atoms with Crippen LogP contribution in [0.3, 0.4) is 0 Å². The van der Waals surface area contributed by atoms with Gasteiger partial charge in [0, 0.05) is 11.8 Å². The summed E-state index contributed by atoms with van der Waals surface area (Å²) >= 11 is 3.24. The first kappa shape index (κ1) is 12.8. The van der Waals surface area contributed by atoms with Gasteiger partial charge in [0.15, 0.2) is 0 Å². The number of pyridine rings is 1. The standard InChI is InChI=1S/C12H12BrN3O2/c1-8-10(13)12(17)16(7-15-8)6-9-4-3-5-14-11(9)18-2/h3-5,7H,6H2,1-2H3. The lowest BCUT2D eigenvalue weighted by atomic mass is 10.2. The van der Waals surface area contributed by atoms with E-state index in [-0.39, 0.29) is 5.56 Å². The highest BCUT2D eigenvalue weighted by molar-refractivity contribution is 9.10. The fraction of sp³-hybridized carbons (Fsp3) is 0.250. The van der Waals surface area contributed by atoms with Crippen LogP contribution in [0.2, 0.25) is 0 Å². The quantitative estimate of drug-likeness (QED) is 0.867. The average Bonchev–Trinajstić information content (AvgIpc) is 2.40. The number of aromatic nitrogens is 3. The van der Waals surface area contributed by atoms with Crippen LogP contribution in [0.25, 0.3) is 0 Å². The Kier molecular flexibility index (Phi) is 3.76. The Labute approximate surface area is 113 Å². The third-order valence-electron chi connectivity index (χ3n) is 2.54. The summed E-state index contributed by atoms with van der Waals surface area (Å²) in [4.78, 5) is 20.2. The van der Waals surface area contributed by atoms with E-state index in [0.717, 1.165) is 5.56 Å². The third-order valence-corrected chi connectivity index (χ3v) is 3.45. The molecule has 0 saturated heterocycles. The van der Waals surface area contributed by atoms with Crippen LogP contribution in [0.4, 0.5) is 0 Å². The van der Waals surface area contributed by atoms with Crippen LogP contribution in [0.15, 0.2) is 33.9 Å². The van der Waals surface area contributed by atoms with Crippen molar-refractivity contribution in [1.29, 1.82) is 0 Å². The summed E-state index contributed by atoms with van der Waals surface area (Å²) in [6.07, 6.45) is 3.17. The Morgan fingerprint density at radius 1 is 1.44 bits per heavy atom. The van der Waals surface area contributed by atoms with E-state index in [0.29, 0.717) is 22.6 Å². The number of ether oxygens (including phenoxy) is 1. The van der Waals surface area contributed by atoms with E-state index in [1.54, 1.807) is 26.3 Å². The molecule has 0 saturated carbocycles. The molecule has 2 heterocycles. The van der Waals surface area contributed by atoms with Crippen LogP contribution in [-0.2, 0) is 6.54 Å². The van der Waals surface area contributed by atoms with Crippen molar-refractivity contribution in [1.82, 2.24) is 14.5 Å². The van der Waals surface area contributed by atoms with Gasteiger partial charge < -0.3 is 4.74 Å². The summed E-state index contributed by atoms with van der Waals surface area (Å²) in [6.45, 7) is 2.15. The number of aryl methyl sites for hydroxylation is 1. The van der Waals surface area contributed by atoms with Crippen molar-refractivity contribution >= 4 is 15.9 Å². The van der Waals surface area contributed by atoms with Crippen molar-refractivity contribution in [2.24, 2.45) is 0 Å². The highest BCUT2D eigenvalue weighted by atomic mass is 79.9. The highest BCUT2D eigenvalue weighted by Crippen LogP contribution is 2.15. The van der Waals surface area contributed by atoms with Crippen LogP contribution in [0.5, 0.6) is 5.88 Å². The summed E-state index contributed by atoms with van der Waals surface area (Å²) in [6, 6.07) is 3.67. The fourth-order valence-electron chi connectivity index (χ4n) is 1.57. The second-order valence-corrected chi connectivity index (χ2v) is 4.54. The first-order valence-corrected chi connectivity index (χ1v) is 6.12. The zero-order valence-electron chi connectivity index (χ0n) is 10.1. The minimum absolute atomic E-state index is 0.117. The topological polar surface area (TPSA) is 57.0 Å². The summed E-state index contributed by atoms with van der Waals surface area (Å²) in [5.41, 5.74) is 1.39. The molecule has 2 aromatic rings. The fourth-order valence-corrected chi connectivity index (χ4v) is 1.90. The summed E-state index contributed by atoms with van der Waals surface area (Å²) < 4.78 is 7.14. The third kappa shape index (κ3) is 2.43. The first-order valence-electron chi connectivity index (χ1n) is 5.33. The number of rotatable bonds is 3. The van der Waals surface area contributed by atoms with Crippen LogP contribution in [0, 0.1) is 6.92 Å². The second kappa shape index (κ2) is 5.30. The summed E-state index contributed by atoms with van der Waals surface area (Å²) in [5.74, 6) is 0.515. The molecule has 0 N–H and O–H groups in total. The SMILES string of the molecule is COc1ncccc1Cn1cnc(C)c(Br)c1=O. The Morgan fingerprint density at radius 2 is 2.22 bits per heavy atom. The van der Waals surface area contributed by atoms with Gasteiger partial charge in [-0.1, -0.05) is 6.07 Å². The maximum atomic E-state index is 12.0. The molecule has 18 heavy (non-hydrogen) atoms. The van der Waals surface area contributed by atoms with E-state index in [1.165, 1.54) is 10.9 Å². The zero-order chi connectivity index (χ0) is 13.1. The molecule has 0 amide bonds. The Balaban J connectivity index is 2.41. The molecule has 0 aromatic carbocycles. The second-order valence-electron chi connectivity index (χ2n) is 3.75. The van der Waals surface area contributed by atoms with Crippen LogP contribution in [-0.4, -0.2) is 21.6 Å². The molecule has 0 spiro atoms. The van der Waals surface area contributed by atoms with Gasteiger partial charge in [0.05, 0.1) is 25.7 Å². The van der Waals surface area contributed by atoms with Crippen molar-refractivity contribution < 1.29 is 4.74 Å². The van der Waals surface area contributed by atoms with Crippen LogP contribution in [0.1, 0.15) is 11.3 Å². The molecule has 0 fully saturated rings. The van der Waals surface area contributed by atoms with Crippen molar-refractivity contribution in [3.05, 3.63) is 50.7 Å². The molecule has 6 heteroatoms. The maximum absolute atomic E-state index is 12.0. The molecule has 0 atom stereocenters. The van der Waals surface area contributed by atoms with Gasteiger partial charge in [0.25, 0.3) is 5.56 Å². The van der Waals surface area contributed by atoms with Gasteiger partial charge in [-0.15, -0.1) is 0 Å². The Morgan fingerprint density at radius 3 is 2.94 bits per heavy atom. The molecule has 5 nitrogen and oxygen atoms in total. The lowest BCUT2D eigenvalue weighted by Crippen LogP contribution is -2.23. The largest absolute Gasteiger partial charge is 0.481 e. The van der Waals surface area contributed by atoms with Crippen LogP contribution < -0.4 is 10.3 Å². The van der Waals surface area contributed by atoms with Gasteiger partial charge in [-0.2, -0.15) is 0 Å². The van der Waals surface area contributed by atoms with Crippen molar-refractivity contribution in [2.45, 2.75) is 13.5 Å². The van der Waals surface area contributed by atoms with Gasteiger partial charge in [0.1, 0.15) is 4.47 Å². The lowest BCUT2D eigenvalue weighted by Gasteiger charge is -2.09. The predicted molar refractivity (Wildman–Crippen MR) is 70.8 cm³/mol. The summed E-state index contributed by atoms with van der Waals surface area (Å²) in [5, 5.41) is 0. The van der Waals surface area contributed by atoms with Gasteiger partial charge in [-0.3, -0.25) is 9.36 Å². The minimum Gasteiger partial charge on any atom is -0.481 e. The molecular formula is C12H12BrN3O2. The summed E-state index contributed by atoms with van der Waals surface area (Å²) in [7, 11) is 1.55. The molecule has 0 aliphatic carbocycles. The molecule has 0 aliphatic heterocycles. The van der Waals surface area contributed by atoms with Gasteiger partial charge in [0.2, 0.25) is 5.88 Å². The van der Waals surface area contributed by atoms with E-state index in [1.807, 2.05) is 6.07 Å². The molecule has 0 radical (unpaired) electrons. The van der Waals surface area contributed by atoms with E-state index < -0.39 is 0 Å². The molecule has 94 valence electrons. The van der Waals surface area contributed by atoms with E-state index >= 15 is 0 Å². The molecule has 0 bridgehead atoms. The lowest BCUT2D eigenvalue weighted by molar-refractivity contribution is 0.391. The molecule has 2 aromatic heterocycles. The monoisotopic (exact) mass is 309 g/mol. The van der Waals surface area contributed by atoms with E-state index in [2.05, 4.69) is 25.9 Å². The smallest absolute Gasteiger partial charge is 0.268 e. The number of methoxy groups -OCH3 is 1. The highest BCUT2D eigenvalue weighted by Gasteiger charge is 2.09. The molecule has 2 rings (SSSR count). The van der Waals surface area contributed by atoms with Crippen LogP contribution >= 0.6 is 15.9 Å². The van der Waals surface area contributed by atoms with E-state index in [9.17, 15) is 4.79 Å². The maximum Gasteiger partial charge on any atom is 0.268 e. The number of halogens is 1. The molecular weight excluding hydrogens is 298 g/mol. The van der Waals surface area contributed by atoms with Gasteiger partial charge in [-0.05, 0) is 28.9 Å². The average molecular weight is 310 g/mol. The number of nitrogens with zero attached hydrogens (tertiary/aromatic N) is 3. The first-order chi connectivity index (χ1) is 8.63. The van der Waals surface area contributed by atoms with Crippen molar-refractivity contribution in [3.63, 3.8) is 0 Å². The van der Waals surface area contributed by atoms with E-state index in [4.69, 9.17) is 4.74 Å². The predicted octanol–water partition coefficient (Wildman–Crippen LogP) is 1.77. The minimum atomic E-state index is -0.117. The Bertz CT molecular complexity index is 625. The Hall–Kier alpha value is -1.69. The van der Waals surface area contributed by atoms with Gasteiger partial charge in [-0.25, -0.2) is 9.97 Å². The number of hydrogen-bond donors (Lipinski definition) is 0. The molecule has 0 unspecified atom stereocenters. The van der Waals surface area contributed by atoms with Crippen molar-refractivity contribution in [2.75, 3.05) is 7.11 Å². The normalized spacial score (nSPS) is 10.4.